The first-order chi connectivity index (χ1) is 17.4. The molecule has 0 bridgehead atoms. The third kappa shape index (κ3) is 5.69. The first-order valence-electron chi connectivity index (χ1n) is 12.5. The summed E-state index contributed by atoms with van der Waals surface area (Å²) in [6.07, 6.45) is 3.78. The van der Waals surface area contributed by atoms with Gasteiger partial charge in [-0.15, -0.1) is 0 Å². The molecule has 0 unspecified atom stereocenters. The van der Waals surface area contributed by atoms with Crippen molar-refractivity contribution in [2.24, 2.45) is 0 Å². The third-order valence-electron chi connectivity index (χ3n) is 6.69. The average molecular weight is 488 g/mol. The fourth-order valence-electron chi connectivity index (χ4n) is 5.00. The van der Waals surface area contributed by atoms with Gasteiger partial charge in [0.05, 0.1) is 18.2 Å². The van der Waals surface area contributed by atoms with E-state index in [-0.39, 0.29) is 12.5 Å². The second kappa shape index (κ2) is 10.3. The summed E-state index contributed by atoms with van der Waals surface area (Å²) in [5, 5.41) is 11.0. The largest absolute Gasteiger partial charge is 0.489 e. The van der Waals surface area contributed by atoms with Gasteiger partial charge in [-0.25, -0.2) is 0 Å². The molecule has 1 atom stereocenters. The minimum absolute atomic E-state index is 0.140. The molecule has 188 valence electrons. The van der Waals surface area contributed by atoms with Crippen molar-refractivity contribution in [3.8, 4) is 11.5 Å². The van der Waals surface area contributed by atoms with E-state index in [4.69, 9.17) is 9.47 Å². The van der Waals surface area contributed by atoms with Crippen LogP contribution in [0.3, 0.4) is 0 Å². The highest BCUT2D eigenvalue weighted by molar-refractivity contribution is 5.97. The molecule has 7 nitrogen and oxygen atoms in total. The number of benzene rings is 2. The van der Waals surface area contributed by atoms with E-state index < -0.39 is 11.7 Å². The number of aliphatic hydroxyl groups is 1. The Morgan fingerprint density at radius 2 is 1.86 bits per heavy atom. The van der Waals surface area contributed by atoms with Crippen LogP contribution >= 0.6 is 0 Å². The molecule has 3 aromatic rings. The highest BCUT2D eigenvalue weighted by atomic mass is 16.5. The van der Waals surface area contributed by atoms with E-state index in [2.05, 4.69) is 34.1 Å². The number of rotatable bonds is 7. The summed E-state index contributed by atoms with van der Waals surface area (Å²) >= 11 is 0. The molecule has 0 fully saturated rings. The molecule has 0 saturated carbocycles. The number of fused-ring (bicyclic) bond motifs is 2. The molecule has 0 aliphatic carbocycles. The van der Waals surface area contributed by atoms with Crippen LogP contribution < -0.4 is 9.47 Å². The van der Waals surface area contributed by atoms with Gasteiger partial charge in [0, 0.05) is 44.6 Å². The zero-order chi connectivity index (χ0) is 25.1. The van der Waals surface area contributed by atoms with Gasteiger partial charge in [-0.1, -0.05) is 24.3 Å². The number of pyridine rings is 1. The molecule has 7 heteroatoms. The van der Waals surface area contributed by atoms with Gasteiger partial charge in [-0.3, -0.25) is 14.7 Å². The Hall–Kier alpha value is -3.42. The summed E-state index contributed by atoms with van der Waals surface area (Å²) in [4.78, 5) is 21.5. The Labute approximate surface area is 212 Å². The Kier molecular flexibility index (Phi) is 6.94. The molecular formula is C29H33N3O4. The highest BCUT2D eigenvalue weighted by Gasteiger charge is 2.35. The van der Waals surface area contributed by atoms with Gasteiger partial charge in [0.15, 0.2) is 0 Å². The summed E-state index contributed by atoms with van der Waals surface area (Å²) < 4.78 is 12.2. The van der Waals surface area contributed by atoms with Crippen molar-refractivity contribution in [1.29, 1.82) is 0 Å². The Morgan fingerprint density at radius 1 is 1.08 bits per heavy atom. The number of ether oxygens (including phenoxy) is 2. The van der Waals surface area contributed by atoms with Crippen LogP contribution in [0.15, 0.2) is 67.0 Å². The molecule has 3 heterocycles. The van der Waals surface area contributed by atoms with Gasteiger partial charge >= 0.3 is 0 Å². The number of nitrogens with zero attached hydrogens (tertiary/aromatic N) is 3. The standard InChI is InChI=1S/C29H33N3O4/c1-29(2)20-32(18-24(33)17-31-14-11-22-5-3-4-6-23(22)16-31)28(34)26-8-7-25(15-27(26)36-29)35-19-21-9-12-30-13-10-21/h3-10,12-13,15,24,33H,11,14,16-20H2,1-2H3/t24-/m1/s1. The summed E-state index contributed by atoms with van der Waals surface area (Å²) in [5.74, 6) is 0.995. The van der Waals surface area contributed by atoms with Gasteiger partial charge in [0.2, 0.25) is 0 Å². The predicted molar refractivity (Wildman–Crippen MR) is 137 cm³/mol. The number of hydrogen-bond acceptors (Lipinski definition) is 6. The third-order valence-corrected chi connectivity index (χ3v) is 6.69. The number of β-amino-alcohol motifs (C(OH)–C–C–N with tert-alkyl or cyclic N) is 1. The quantitative estimate of drug-likeness (QED) is 0.548. The minimum atomic E-state index is -0.653. The summed E-state index contributed by atoms with van der Waals surface area (Å²) in [6, 6.07) is 17.6. The Balaban J connectivity index is 1.25. The number of amides is 1. The molecule has 0 radical (unpaired) electrons. The van der Waals surface area contributed by atoms with Crippen LogP contribution in [-0.2, 0) is 19.6 Å². The lowest BCUT2D eigenvalue weighted by molar-refractivity contribution is 0.0287. The van der Waals surface area contributed by atoms with Crippen LogP contribution in [0.4, 0.5) is 0 Å². The van der Waals surface area contributed by atoms with Gasteiger partial charge in [-0.05, 0) is 61.2 Å². The molecule has 2 aromatic carbocycles. The number of aromatic nitrogens is 1. The maximum atomic E-state index is 13.5. The fourth-order valence-corrected chi connectivity index (χ4v) is 5.00. The second-order valence-corrected chi connectivity index (χ2v) is 10.3. The Morgan fingerprint density at radius 3 is 2.67 bits per heavy atom. The maximum absolute atomic E-state index is 13.5. The van der Waals surface area contributed by atoms with E-state index >= 15 is 0 Å². The monoisotopic (exact) mass is 487 g/mol. The van der Waals surface area contributed by atoms with Gasteiger partial charge < -0.3 is 19.5 Å². The molecule has 2 aliphatic heterocycles. The average Bonchev–Trinajstić information content (AvgIpc) is 2.95. The predicted octanol–water partition coefficient (Wildman–Crippen LogP) is 3.69. The van der Waals surface area contributed by atoms with Crippen LogP contribution in [0.25, 0.3) is 0 Å². The zero-order valence-corrected chi connectivity index (χ0v) is 20.9. The summed E-state index contributed by atoms with van der Waals surface area (Å²) in [7, 11) is 0. The van der Waals surface area contributed by atoms with Crippen molar-refractivity contribution in [3.63, 3.8) is 0 Å². The molecule has 1 amide bonds. The first kappa shape index (κ1) is 24.3. The normalized spacial score (nSPS) is 18.0. The van der Waals surface area contributed by atoms with Crippen molar-refractivity contribution in [1.82, 2.24) is 14.8 Å². The lowest BCUT2D eigenvalue weighted by atomic mass is 9.99. The van der Waals surface area contributed by atoms with Crippen molar-refractivity contribution in [2.45, 2.75) is 45.1 Å². The molecule has 2 aliphatic rings. The van der Waals surface area contributed by atoms with E-state index in [1.54, 1.807) is 35.5 Å². The number of carbonyl (C=O) groups excluding carboxylic acids is 1. The topological polar surface area (TPSA) is 75.1 Å². The van der Waals surface area contributed by atoms with E-state index in [1.807, 2.05) is 26.0 Å². The molecule has 1 aromatic heterocycles. The van der Waals surface area contributed by atoms with Crippen molar-refractivity contribution < 1.29 is 19.4 Å². The zero-order valence-electron chi connectivity index (χ0n) is 20.9. The van der Waals surface area contributed by atoms with Crippen LogP contribution in [-0.4, -0.2) is 63.7 Å². The maximum Gasteiger partial charge on any atom is 0.257 e. The lowest BCUT2D eigenvalue weighted by Gasteiger charge is -2.33. The van der Waals surface area contributed by atoms with Crippen LogP contribution in [0, 0.1) is 0 Å². The van der Waals surface area contributed by atoms with E-state index in [0.717, 1.165) is 25.1 Å². The van der Waals surface area contributed by atoms with E-state index in [0.29, 0.717) is 36.8 Å². The van der Waals surface area contributed by atoms with Crippen molar-refractivity contribution >= 4 is 5.91 Å². The molecule has 5 rings (SSSR count). The van der Waals surface area contributed by atoms with Gasteiger partial charge in [0.25, 0.3) is 5.91 Å². The summed E-state index contributed by atoms with van der Waals surface area (Å²) in [6.45, 7) is 7.20. The molecule has 0 saturated heterocycles. The fraction of sp³-hybridized carbons (Fsp3) is 0.379. The van der Waals surface area contributed by atoms with Gasteiger partial charge in [0.1, 0.15) is 23.7 Å². The minimum Gasteiger partial charge on any atom is -0.489 e. The molecule has 36 heavy (non-hydrogen) atoms. The molecule has 1 N–H and O–H groups in total. The van der Waals surface area contributed by atoms with Crippen LogP contribution in [0.5, 0.6) is 11.5 Å². The second-order valence-electron chi connectivity index (χ2n) is 10.3. The number of carbonyl (C=O) groups is 1. The number of hydrogen-bond donors (Lipinski definition) is 1. The van der Waals surface area contributed by atoms with E-state index in [1.165, 1.54) is 11.1 Å². The van der Waals surface area contributed by atoms with Gasteiger partial charge in [-0.2, -0.15) is 0 Å². The van der Waals surface area contributed by atoms with Crippen LogP contribution in [0.1, 0.15) is 40.9 Å². The summed E-state index contributed by atoms with van der Waals surface area (Å²) in [5.41, 5.74) is 3.57. The first-order valence-corrected chi connectivity index (χ1v) is 12.5. The lowest BCUT2D eigenvalue weighted by Crippen LogP contribution is -2.48. The Bertz CT molecular complexity index is 1210. The van der Waals surface area contributed by atoms with Crippen molar-refractivity contribution in [2.75, 3.05) is 26.2 Å². The smallest absolute Gasteiger partial charge is 0.257 e. The van der Waals surface area contributed by atoms with Crippen molar-refractivity contribution in [3.05, 3.63) is 89.2 Å². The number of aliphatic hydroxyl groups excluding tert-OH is 1. The van der Waals surface area contributed by atoms with Crippen LogP contribution in [0.2, 0.25) is 0 Å². The molecule has 0 spiro atoms. The van der Waals surface area contributed by atoms with E-state index in [9.17, 15) is 9.90 Å². The SMILES string of the molecule is CC1(C)CN(C[C@H](O)CN2CCc3ccccc3C2)C(=O)c2ccc(OCc3ccncc3)cc2O1. The highest BCUT2D eigenvalue weighted by Crippen LogP contribution is 2.33. The molecular weight excluding hydrogens is 454 g/mol.